The summed E-state index contributed by atoms with van der Waals surface area (Å²) in [6.07, 6.45) is 13.2. The Hall–Kier alpha value is -2.11. The zero-order valence-electron chi connectivity index (χ0n) is 15.7. The minimum absolute atomic E-state index is 0.212. The number of carboxylic acid groups (broad SMARTS) is 2. The average Bonchev–Trinajstić information content (AvgIpc) is 2.58. The minimum Gasteiger partial charge on any atom is -0.481 e. The fourth-order valence-corrected chi connectivity index (χ4v) is 2.50. The predicted molar refractivity (Wildman–Crippen MR) is 99.8 cm³/mol. The standard InChI is InChI=1S/C20H32O6/c1-3-4-5-6-7-8-9-10-11-12-15-26-20(25)16(2)17(19(23)24)13-14-18(21)22/h13-14,17H,2-12,15H2,1H3,(H,21,22)(H,23,24). The second-order valence-corrected chi connectivity index (χ2v) is 6.36. The third-order valence-corrected chi connectivity index (χ3v) is 4.07. The van der Waals surface area contributed by atoms with Crippen LogP contribution in [-0.2, 0) is 19.1 Å². The Morgan fingerprint density at radius 2 is 1.42 bits per heavy atom. The van der Waals surface area contributed by atoms with E-state index in [-0.39, 0.29) is 12.2 Å². The quantitative estimate of drug-likeness (QED) is 0.239. The number of unbranched alkanes of at least 4 members (excludes halogenated alkanes) is 9. The molecule has 0 aliphatic carbocycles. The Labute approximate surface area is 155 Å². The van der Waals surface area contributed by atoms with E-state index in [1.807, 2.05) is 0 Å². The van der Waals surface area contributed by atoms with E-state index in [0.717, 1.165) is 25.3 Å². The highest BCUT2D eigenvalue weighted by Crippen LogP contribution is 2.14. The lowest BCUT2D eigenvalue weighted by atomic mass is 10.0. The van der Waals surface area contributed by atoms with Gasteiger partial charge in [0.1, 0.15) is 5.92 Å². The topological polar surface area (TPSA) is 101 Å². The Kier molecular flexibility index (Phi) is 13.9. The van der Waals surface area contributed by atoms with Crippen molar-refractivity contribution in [2.24, 2.45) is 5.92 Å². The van der Waals surface area contributed by atoms with Gasteiger partial charge in [-0.05, 0) is 6.42 Å². The van der Waals surface area contributed by atoms with Crippen LogP contribution in [0.25, 0.3) is 0 Å². The molecule has 0 bridgehead atoms. The molecule has 0 fully saturated rings. The van der Waals surface area contributed by atoms with Crippen molar-refractivity contribution >= 4 is 17.9 Å². The SMILES string of the molecule is C=C(C(=O)OCCCCCCCCCCCC)C(C=CC(=O)O)C(=O)O. The summed E-state index contributed by atoms with van der Waals surface area (Å²) in [6.45, 7) is 5.84. The van der Waals surface area contributed by atoms with E-state index >= 15 is 0 Å². The molecule has 0 saturated heterocycles. The van der Waals surface area contributed by atoms with Crippen molar-refractivity contribution in [3.05, 3.63) is 24.3 Å². The molecule has 0 heterocycles. The number of aliphatic carboxylic acids is 2. The molecule has 0 aliphatic rings. The number of esters is 1. The Morgan fingerprint density at radius 3 is 1.88 bits per heavy atom. The van der Waals surface area contributed by atoms with Crippen molar-refractivity contribution in [3.63, 3.8) is 0 Å². The molecule has 1 unspecified atom stereocenters. The van der Waals surface area contributed by atoms with Crippen molar-refractivity contribution < 1.29 is 29.3 Å². The third-order valence-electron chi connectivity index (χ3n) is 4.07. The van der Waals surface area contributed by atoms with Crippen molar-refractivity contribution in [2.45, 2.75) is 71.1 Å². The lowest BCUT2D eigenvalue weighted by Crippen LogP contribution is -2.21. The first-order chi connectivity index (χ1) is 12.4. The van der Waals surface area contributed by atoms with Gasteiger partial charge in [0.15, 0.2) is 0 Å². The number of ether oxygens (including phenoxy) is 1. The summed E-state index contributed by atoms with van der Waals surface area (Å²) in [5.74, 6) is -4.83. The first kappa shape index (κ1) is 23.9. The molecule has 0 aromatic carbocycles. The molecule has 0 aliphatic heterocycles. The second-order valence-electron chi connectivity index (χ2n) is 6.36. The van der Waals surface area contributed by atoms with Crippen molar-refractivity contribution in [3.8, 4) is 0 Å². The first-order valence-corrected chi connectivity index (χ1v) is 9.40. The van der Waals surface area contributed by atoms with Crippen LogP contribution in [-0.4, -0.2) is 34.7 Å². The highest BCUT2D eigenvalue weighted by atomic mass is 16.5. The molecule has 2 N–H and O–H groups in total. The van der Waals surface area contributed by atoms with Gasteiger partial charge in [-0.15, -0.1) is 0 Å². The summed E-state index contributed by atoms with van der Waals surface area (Å²) in [5, 5.41) is 17.6. The molecule has 6 heteroatoms. The van der Waals surface area contributed by atoms with Gasteiger partial charge >= 0.3 is 17.9 Å². The summed E-state index contributed by atoms with van der Waals surface area (Å²) >= 11 is 0. The van der Waals surface area contributed by atoms with E-state index in [4.69, 9.17) is 14.9 Å². The van der Waals surface area contributed by atoms with Crippen molar-refractivity contribution in [2.75, 3.05) is 6.61 Å². The minimum atomic E-state index is -1.40. The molecule has 0 radical (unpaired) electrons. The van der Waals surface area contributed by atoms with Crippen LogP contribution in [0, 0.1) is 5.92 Å². The number of hydrogen-bond acceptors (Lipinski definition) is 4. The number of carbonyl (C=O) groups is 3. The molecule has 0 aromatic heterocycles. The normalized spacial score (nSPS) is 12.0. The van der Waals surface area contributed by atoms with Gasteiger partial charge in [0, 0.05) is 11.6 Å². The van der Waals surface area contributed by atoms with Crippen LogP contribution < -0.4 is 0 Å². The number of carbonyl (C=O) groups excluding carboxylic acids is 1. The molecule has 0 spiro atoms. The fourth-order valence-electron chi connectivity index (χ4n) is 2.50. The second kappa shape index (κ2) is 15.2. The molecular formula is C20H32O6. The highest BCUT2D eigenvalue weighted by Gasteiger charge is 2.24. The summed E-state index contributed by atoms with van der Waals surface area (Å²) < 4.78 is 5.03. The summed E-state index contributed by atoms with van der Waals surface area (Å²) in [5.41, 5.74) is -0.276. The zero-order valence-corrected chi connectivity index (χ0v) is 15.7. The maximum absolute atomic E-state index is 11.8. The molecule has 0 saturated carbocycles. The number of rotatable bonds is 16. The van der Waals surface area contributed by atoms with Gasteiger partial charge in [-0.3, -0.25) is 4.79 Å². The van der Waals surface area contributed by atoms with Gasteiger partial charge in [-0.25, -0.2) is 9.59 Å². The number of hydrogen-bond donors (Lipinski definition) is 2. The predicted octanol–water partition coefficient (Wildman–Crippen LogP) is 4.35. The van der Waals surface area contributed by atoms with Gasteiger partial charge < -0.3 is 14.9 Å². The van der Waals surface area contributed by atoms with E-state index in [1.54, 1.807) is 0 Å². The molecule has 26 heavy (non-hydrogen) atoms. The third kappa shape index (κ3) is 12.3. The molecule has 0 amide bonds. The van der Waals surface area contributed by atoms with Gasteiger partial charge in [0.25, 0.3) is 0 Å². The monoisotopic (exact) mass is 368 g/mol. The van der Waals surface area contributed by atoms with Crippen LogP contribution in [0.5, 0.6) is 0 Å². The van der Waals surface area contributed by atoms with E-state index in [2.05, 4.69) is 13.5 Å². The van der Waals surface area contributed by atoms with E-state index in [0.29, 0.717) is 6.08 Å². The lowest BCUT2D eigenvalue weighted by Gasteiger charge is -2.11. The largest absolute Gasteiger partial charge is 0.481 e. The molecule has 0 rings (SSSR count). The van der Waals surface area contributed by atoms with Crippen LogP contribution in [0.4, 0.5) is 0 Å². The van der Waals surface area contributed by atoms with Gasteiger partial charge in [0.05, 0.1) is 6.61 Å². The van der Waals surface area contributed by atoms with E-state index in [1.165, 1.54) is 44.9 Å². The van der Waals surface area contributed by atoms with Crippen LogP contribution in [0.15, 0.2) is 24.3 Å². The Bertz CT molecular complexity index is 481. The fraction of sp³-hybridized carbons (Fsp3) is 0.650. The highest BCUT2D eigenvalue weighted by molar-refractivity contribution is 5.96. The van der Waals surface area contributed by atoms with Crippen LogP contribution in [0.1, 0.15) is 71.1 Å². The maximum atomic E-state index is 11.8. The lowest BCUT2D eigenvalue weighted by molar-refractivity contribution is -0.145. The Balaban J connectivity index is 3.88. The van der Waals surface area contributed by atoms with Crippen LogP contribution >= 0.6 is 0 Å². The molecule has 0 aromatic rings. The first-order valence-electron chi connectivity index (χ1n) is 9.40. The van der Waals surface area contributed by atoms with Crippen LogP contribution in [0.3, 0.4) is 0 Å². The smallest absolute Gasteiger partial charge is 0.334 e. The molecule has 1 atom stereocenters. The molecule has 148 valence electrons. The summed E-state index contributed by atoms with van der Waals surface area (Å²) in [6, 6.07) is 0. The van der Waals surface area contributed by atoms with Crippen LogP contribution in [0.2, 0.25) is 0 Å². The molecular weight excluding hydrogens is 336 g/mol. The van der Waals surface area contributed by atoms with Gasteiger partial charge in [-0.2, -0.15) is 0 Å². The molecule has 6 nitrogen and oxygen atoms in total. The summed E-state index contributed by atoms with van der Waals surface area (Å²) in [7, 11) is 0. The zero-order chi connectivity index (χ0) is 19.8. The summed E-state index contributed by atoms with van der Waals surface area (Å²) in [4.78, 5) is 33.4. The van der Waals surface area contributed by atoms with E-state index in [9.17, 15) is 14.4 Å². The Morgan fingerprint density at radius 1 is 0.923 bits per heavy atom. The van der Waals surface area contributed by atoms with E-state index < -0.39 is 23.8 Å². The average molecular weight is 368 g/mol. The maximum Gasteiger partial charge on any atom is 0.334 e. The number of carboxylic acids is 2. The van der Waals surface area contributed by atoms with Crippen molar-refractivity contribution in [1.82, 2.24) is 0 Å². The van der Waals surface area contributed by atoms with Gasteiger partial charge in [0.2, 0.25) is 0 Å². The van der Waals surface area contributed by atoms with Crippen molar-refractivity contribution in [1.29, 1.82) is 0 Å². The van der Waals surface area contributed by atoms with Gasteiger partial charge in [-0.1, -0.05) is 77.4 Å².